The van der Waals surface area contributed by atoms with E-state index in [0.29, 0.717) is 18.8 Å². The van der Waals surface area contributed by atoms with Crippen molar-refractivity contribution in [3.8, 4) is 5.75 Å². The van der Waals surface area contributed by atoms with Crippen molar-refractivity contribution in [3.63, 3.8) is 0 Å². The summed E-state index contributed by atoms with van der Waals surface area (Å²) in [7, 11) is 0. The van der Waals surface area contributed by atoms with Gasteiger partial charge in [-0.3, -0.25) is 4.79 Å². The van der Waals surface area contributed by atoms with Crippen LogP contribution in [0.5, 0.6) is 5.75 Å². The van der Waals surface area contributed by atoms with Gasteiger partial charge in [0.1, 0.15) is 5.75 Å². The highest BCUT2D eigenvalue weighted by molar-refractivity contribution is 6.03. The molecule has 2 heterocycles. The van der Waals surface area contributed by atoms with Crippen LogP contribution in [0.2, 0.25) is 0 Å². The average Bonchev–Trinajstić information content (AvgIpc) is 2.98. The molecule has 5 nitrogen and oxygen atoms in total. The number of likely N-dealkylation sites (tertiary alicyclic amines) is 1. The molecule has 0 bridgehead atoms. The zero-order chi connectivity index (χ0) is 17.2. The zero-order valence-corrected chi connectivity index (χ0v) is 13.9. The summed E-state index contributed by atoms with van der Waals surface area (Å²) in [5.74, 6) is 0.776. The Balaban J connectivity index is 1.39. The minimum atomic E-state index is -0.319. The van der Waals surface area contributed by atoms with Crippen LogP contribution in [-0.2, 0) is 4.79 Å². The van der Waals surface area contributed by atoms with Gasteiger partial charge in [0, 0.05) is 18.8 Å². The van der Waals surface area contributed by atoms with Crippen molar-refractivity contribution in [2.24, 2.45) is 5.92 Å². The molecule has 0 saturated carbocycles. The molecule has 1 N–H and O–H groups in total. The van der Waals surface area contributed by atoms with E-state index in [4.69, 9.17) is 4.74 Å². The van der Waals surface area contributed by atoms with E-state index in [9.17, 15) is 9.59 Å². The number of ether oxygens (including phenoxy) is 1. The second-order valence-corrected chi connectivity index (χ2v) is 6.56. The molecule has 1 fully saturated rings. The first kappa shape index (κ1) is 15.7. The van der Waals surface area contributed by atoms with Gasteiger partial charge in [0.2, 0.25) is 5.91 Å². The van der Waals surface area contributed by atoms with Gasteiger partial charge < -0.3 is 15.0 Å². The maximum absolute atomic E-state index is 12.4. The minimum Gasteiger partial charge on any atom is -0.410 e. The third-order valence-corrected chi connectivity index (χ3v) is 5.05. The molecule has 2 aliphatic rings. The lowest BCUT2D eigenvalue weighted by atomic mass is 9.81. The Labute approximate surface area is 146 Å². The Hall–Kier alpha value is -2.82. The SMILES string of the molecule is O=C1Nc2ccccc2C1C1CCN(C(=O)Oc2ccccc2)CC1. The number of para-hydroxylation sites is 2. The molecule has 0 aliphatic carbocycles. The maximum atomic E-state index is 12.4. The first-order valence-electron chi connectivity index (χ1n) is 8.64. The molecular formula is C20H20N2O3. The lowest BCUT2D eigenvalue weighted by Gasteiger charge is -2.33. The Bertz CT molecular complexity index is 783. The highest BCUT2D eigenvalue weighted by Gasteiger charge is 2.38. The van der Waals surface area contributed by atoms with Gasteiger partial charge in [-0.2, -0.15) is 0 Å². The third-order valence-electron chi connectivity index (χ3n) is 5.05. The fourth-order valence-electron chi connectivity index (χ4n) is 3.77. The van der Waals surface area contributed by atoms with Crippen molar-refractivity contribution in [3.05, 3.63) is 60.2 Å². The summed E-state index contributed by atoms with van der Waals surface area (Å²) in [5, 5.41) is 2.97. The summed E-state index contributed by atoms with van der Waals surface area (Å²) >= 11 is 0. The number of nitrogens with zero attached hydrogens (tertiary/aromatic N) is 1. The summed E-state index contributed by atoms with van der Waals surface area (Å²) < 4.78 is 5.40. The molecular weight excluding hydrogens is 316 g/mol. The van der Waals surface area contributed by atoms with E-state index in [2.05, 4.69) is 5.32 Å². The molecule has 5 heteroatoms. The summed E-state index contributed by atoms with van der Waals surface area (Å²) in [6, 6.07) is 17.0. The van der Waals surface area contributed by atoms with Crippen molar-refractivity contribution < 1.29 is 14.3 Å². The minimum absolute atomic E-state index is 0.0755. The van der Waals surface area contributed by atoms with Gasteiger partial charge in [0.15, 0.2) is 0 Å². The quantitative estimate of drug-likeness (QED) is 0.911. The number of hydrogen-bond donors (Lipinski definition) is 1. The second-order valence-electron chi connectivity index (χ2n) is 6.56. The number of nitrogens with one attached hydrogen (secondary N) is 1. The van der Waals surface area contributed by atoms with Crippen LogP contribution in [0.4, 0.5) is 10.5 Å². The van der Waals surface area contributed by atoms with E-state index in [0.717, 1.165) is 24.1 Å². The molecule has 25 heavy (non-hydrogen) atoms. The van der Waals surface area contributed by atoms with Crippen molar-refractivity contribution in [1.82, 2.24) is 4.90 Å². The fourth-order valence-corrected chi connectivity index (χ4v) is 3.77. The second kappa shape index (κ2) is 6.59. The van der Waals surface area contributed by atoms with Gasteiger partial charge in [0.05, 0.1) is 5.92 Å². The molecule has 1 unspecified atom stereocenters. The van der Waals surface area contributed by atoms with Crippen molar-refractivity contribution in [2.75, 3.05) is 18.4 Å². The Morgan fingerprint density at radius 2 is 1.68 bits per heavy atom. The number of hydrogen-bond acceptors (Lipinski definition) is 3. The lowest BCUT2D eigenvalue weighted by molar-refractivity contribution is -0.118. The zero-order valence-electron chi connectivity index (χ0n) is 13.9. The summed E-state index contributed by atoms with van der Waals surface area (Å²) in [6.45, 7) is 1.23. The number of carbonyl (C=O) groups excluding carboxylic acids is 2. The Morgan fingerprint density at radius 1 is 1.00 bits per heavy atom. The molecule has 2 aromatic carbocycles. The van der Waals surface area contributed by atoms with E-state index in [-0.39, 0.29) is 23.8 Å². The van der Waals surface area contributed by atoms with Crippen LogP contribution < -0.4 is 10.1 Å². The molecule has 0 radical (unpaired) electrons. The topological polar surface area (TPSA) is 58.6 Å². The first-order valence-corrected chi connectivity index (χ1v) is 8.64. The van der Waals surface area contributed by atoms with Gasteiger partial charge in [0.25, 0.3) is 0 Å². The predicted octanol–water partition coefficient (Wildman–Crippen LogP) is 3.63. The van der Waals surface area contributed by atoms with E-state index >= 15 is 0 Å². The monoisotopic (exact) mass is 336 g/mol. The molecule has 2 amide bonds. The van der Waals surface area contributed by atoms with Gasteiger partial charge in [-0.25, -0.2) is 4.79 Å². The van der Waals surface area contributed by atoms with E-state index < -0.39 is 0 Å². The summed E-state index contributed by atoms with van der Waals surface area (Å²) in [5.41, 5.74) is 2.00. The van der Waals surface area contributed by atoms with Gasteiger partial charge in [-0.05, 0) is 42.5 Å². The molecule has 2 aliphatic heterocycles. The number of fused-ring (bicyclic) bond motifs is 1. The largest absolute Gasteiger partial charge is 0.415 e. The Morgan fingerprint density at radius 3 is 2.44 bits per heavy atom. The van der Waals surface area contributed by atoms with E-state index in [1.165, 1.54) is 0 Å². The third kappa shape index (κ3) is 3.09. The lowest BCUT2D eigenvalue weighted by Crippen LogP contribution is -2.42. The van der Waals surface area contributed by atoms with Crippen LogP contribution in [0.15, 0.2) is 54.6 Å². The highest BCUT2D eigenvalue weighted by Crippen LogP contribution is 2.41. The fraction of sp³-hybridized carbons (Fsp3) is 0.300. The number of piperidine rings is 1. The first-order chi connectivity index (χ1) is 12.2. The predicted molar refractivity (Wildman–Crippen MR) is 94.6 cm³/mol. The maximum Gasteiger partial charge on any atom is 0.415 e. The van der Waals surface area contributed by atoms with Crippen LogP contribution in [0.1, 0.15) is 24.3 Å². The van der Waals surface area contributed by atoms with Crippen molar-refractivity contribution >= 4 is 17.7 Å². The average molecular weight is 336 g/mol. The van der Waals surface area contributed by atoms with Crippen LogP contribution >= 0.6 is 0 Å². The Kier molecular flexibility index (Phi) is 4.14. The highest BCUT2D eigenvalue weighted by atomic mass is 16.6. The molecule has 1 saturated heterocycles. The molecule has 128 valence electrons. The standard InChI is InChI=1S/C20H20N2O3/c23-19-18(16-8-4-5-9-17(16)21-19)14-10-12-22(13-11-14)20(24)25-15-6-2-1-3-7-15/h1-9,14,18H,10-13H2,(H,21,23). The van der Waals surface area contributed by atoms with Crippen LogP contribution in [0, 0.1) is 5.92 Å². The van der Waals surface area contributed by atoms with Crippen LogP contribution in [-0.4, -0.2) is 30.0 Å². The molecule has 2 aromatic rings. The van der Waals surface area contributed by atoms with E-state index in [1.54, 1.807) is 17.0 Å². The van der Waals surface area contributed by atoms with Crippen LogP contribution in [0.3, 0.4) is 0 Å². The molecule has 1 atom stereocenters. The number of rotatable bonds is 2. The summed E-state index contributed by atoms with van der Waals surface area (Å²) in [6.07, 6.45) is 1.29. The van der Waals surface area contributed by atoms with Gasteiger partial charge in [-0.15, -0.1) is 0 Å². The normalized spacial score (nSPS) is 20.1. The molecule has 0 spiro atoms. The smallest absolute Gasteiger partial charge is 0.410 e. The number of benzene rings is 2. The molecule has 0 aromatic heterocycles. The van der Waals surface area contributed by atoms with Crippen LogP contribution in [0.25, 0.3) is 0 Å². The van der Waals surface area contributed by atoms with Gasteiger partial charge >= 0.3 is 6.09 Å². The van der Waals surface area contributed by atoms with Crippen molar-refractivity contribution in [2.45, 2.75) is 18.8 Å². The number of amides is 2. The summed E-state index contributed by atoms with van der Waals surface area (Å²) in [4.78, 5) is 26.4. The number of anilines is 1. The van der Waals surface area contributed by atoms with Crippen molar-refractivity contribution in [1.29, 1.82) is 0 Å². The van der Waals surface area contributed by atoms with E-state index in [1.807, 2.05) is 42.5 Å². The van der Waals surface area contributed by atoms with Gasteiger partial charge in [-0.1, -0.05) is 36.4 Å². The number of carbonyl (C=O) groups is 2. The molecule has 4 rings (SSSR count).